The molecule has 1 aromatic rings. The lowest BCUT2D eigenvalue weighted by Crippen LogP contribution is -2.21. The molecule has 0 saturated heterocycles. The Bertz CT molecular complexity index is 406. The first-order valence-electron chi connectivity index (χ1n) is 5.21. The van der Waals surface area contributed by atoms with Gasteiger partial charge in [-0.3, -0.25) is 0 Å². The van der Waals surface area contributed by atoms with Gasteiger partial charge in [-0.25, -0.2) is 8.42 Å². The van der Waals surface area contributed by atoms with Crippen LogP contribution in [0.1, 0.15) is 13.3 Å². The first-order chi connectivity index (χ1) is 7.52. The first-order valence-corrected chi connectivity index (χ1v) is 6.92. The molecule has 0 aliphatic heterocycles. The zero-order valence-corrected chi connectivity index (χ0v) is 11.3. The van der Waals surface area contributed by atoms with Crippen molar-refractivity contribution in [3.05, 3.63) is 30.3 Å². The Morgan fingerprint density at radius 1 is 1.29 bits per heavy atom. The van der Waals surface area contributed by atoms with Gasteiger partial charge in [-0.2, -0.15) is 0 Å². The van der Waals surface area contributed by atoms with Crippen LogP contribution in [0.2, 0.25) is 0 Å². The lowest BCUT2D eigenvalue weighted by molar-refractivity contribution is 0.268. The topological polar surface area (TPSA) is 66.4 Å². The van der Waals surface area contributed by atoms with Crippen LogP contribution in [-0.2, 0) is 9.84 Å². The fourth-order valence-electron chi connectivity index (χ4n) is 1.23. The zero-order valence-electron chi connectivity index (χ0n) is 9.67. The van der Waals surface area contributed by atoms with Crippen molar-refractivity contribution in [2.45, 2.75) is 18.8 Å². The maximum atomic E-state index is 11.3. The SMILES string of the molecule is CC(O)S(=O)(=O)CCCNc1ccccc1.Cl. The van der Waals surface area contributed by atoms with E-state index in [2.05, 4.69) is 5.32 Å². The van der Waals surface area contributed by atoms with Gasteiger partial charge in [0.05, 0.1) is 5.75 Å². The van der Waals surface area contributed by atoms with E-state index in [0.717, 1.165) is 5.69 Å². The number of anilines is 1. The summed E-state index contributed by atoms with van der Waals surface area (Å²) in [6, 6.07) is 9.58. The van der Waals surface area contributed by atoms with Gasteiger partial charge in [-0.15, -0.1) is 12.4 Å². The summed E-state index contributed by atoms with van der Waals surface area (Å²) in [6.07, 6.45) is 0.488. The Hall–Kier alpha value is -0.780. The molecule has 1 aromatic carbocycles. The number of para-hydroxylation sites is 1. The van der Waals surface area contributed by atoms with Crippen molar-refractivity contribution >= 4 is 27.9 Å². The fourth-order valence-corrected chi connectivity index (χ4v) is 2.12. The Morgan fingerprint density at radius 3 is 2.41 bits per heavy atom. The summed E-state index contributed by atoms with van der Waals surface area (Å²) in [4.78, 5) is 0. The lowest BCUT2D eigenvalue weighted by atomic mass is 10.3. The zero-order chi connectivity index (χ0) is 12.0. The lowest BCUT2D eigenvalue weighted by Gasteiger charge is -2.08. The van der Waals surface area contributed by atoms with E-state index in [0.29, 0.717) is 13.0 Å². The molecule has 2 N–H and O–H groups in total. The molecule has 0 saturated carbocycles. The minimum Gasteiger partial charge on any atom is -0.385 e. The molecule has 0 spiro atoms. The Kier molecular flexibility index (Phi) is 7.18. The van der Waals surface area contributed by atoms with E-state index in [1.807, 2.05) is 30.3 Å². The van der Waals surface area contributed by atoms with Crippen molar-refractivity contribution < 1.29 is 13.5 Å². The van der Waals surface area contributed by atoms with Crippen molar-refractivity contribution in [2.24, 2.45) is 0 Å². The van der Waals surface area contributed by atoms with Crippen LogP contribution in [0, 0.1) is 0 Å². The van der Waals surface area contributed by atoms with Crippen LogP contribution in [0.15, 0.2) is 30.3 Å². The highest BCUT2D eigenvalue weighted by Crippen LogP contribution is 2.05. The van der Waals surface area contributed by atoms with Crippen molar-refractivity contribution in [1.29, 1.82) is 0 Å². The third-order valence-corrected chi connectivity index (χ3v) is 4.13. The smallest absolute Gasteiger partial charge is 0.176 e. The number of aliphatic hydroxyl groups is 1. The van der Waals surface area contributed by atoms with E-state index in [1.54, 1.807) is 0 Å². The van der Waals surface area contributed by atoms with Crippen molar-refractivity contribution in [2.75, 3.05) is 17.6 Å². The number of rotatable bonds is 6. The molecule has 6 heteroatoms. The molecule has 4 nitrogen and oxygen atoms in total. The molecule has 0 aliphatic carbocycles. The summed E-state index contributed by atoms with van der Waals surface area (Å²) in [5.74, 6) is 0.00446. The average molecular weight is 280 g/mol. The number of hydrogen-bond donors (Lipinski definition) is 2. The third kappa shape index (κ3) is 5.91. The molecule has 17 heavy (non-hydrogen) atoms. The van der Waals surface area contributed by atoms with Gasteiger partial charge >= 0.3 is 0 Å². The monoisotopic (exact) mass is 279 g/mol. The van der Waals surface area contributed by atoms with Gasteiger partial charge in [-0.1, -0.05) is 18.2 Å². The van der Waals surface area contributed by atoms with E-state index in [-0.39, 0.29) is 18.2 Å². The van der Waals surface area contributed by atoms with Gasteiger partial charge in [0.2, 0.25) is 0 Å². The number of halogens is 1. The summed E-state index contributed by atoms with van der Waals surface area (Å²) in [5, 5.41) is 12.1. The van der Waals surface area contributed by atoms with Crippen molar-refractivity contribution in [3.8, 4) is 0 Å². The highest BCUT2D eigenvalue weighted by Gasteiger charge is 2.16. The second kappa shape index (κ2) is 7.53. The van der Waals surface area contributed by atoms with Crippen LogP contribution in [0.25, 0.3) is 0 Å². The summed E-state index contributed by atoms with van der Waals surface area (Å²) in [6.45, 7) is 1.86. The van der Waals surface area contributed by atoms with E-state index in [1.165, 1.54) is 6.92 Å². The van der Waals surface area contributed by atoms with Gasteiger partial charge in [0.15, 0.2) is 15.3 Å². The number of sulfone groups is 1. The van der Waals surface area contributed by atoms with Gasteiger partial charge in [0.25, 0.3) is 0 Å². The largest absolute Gasteiger partial charge is 0.385 e. The number of aliphatic hydroxyl groups excluding tert-OH is 1. The maximum absolute atomic E-state index is 11.3. The Labute approximate surface area is 108 Å². The standard InChI is InChI=1S/C11H17NO3S.ClH/c1-10(13)16(14,15)9-5-8-12-11-6-3-2-4-7-11;/h2-4,6-7,10,12-13H,5,8-9H2,1H3;1H. The van der Waals surface area contributed by atoms with Gasteiger partial charge < -0.3 is 10.4 Å². The summed E-state index contributed by atoms with van der Waals surface area (Å²) in [7, 11) is -3.34. The molecule has 0 radical (unpaired) electrons. The number of hydrogen-bond acceptors (Lipinski definition) is 4. The molecule has 1 atom stereocenters. The maximum Gasteiger partial charge on any atom is 0.176 e. The predicted octanol–water partition coefficient (Wildman–Crippen LogP) is 1.66. The molecule has 0 amide bonds. The van der Waals surface area contributed by atoms with E-state index >= 15 is 0 Å². The summed E-state index contributed by atoms with van der Waals surface area (Å²) >= 11 is 0. The highest BCUT2D eigenvalue weighted by molar-refractivity contribution is 7.91. The molecule has 0 heterocycles. The molecule has 1 rings (SSSR count). The van der Waals surface area contributed by atoms with Gasteiger partial charge in [0.1, 0.15) is 0 Å². The Balaban J connectivity index is 0.00000256. The van der Waals surface area contributed by atoms with Crippen LogP contribution >= 0.6 is 12.4 Å². The van der Waals surface area contributed by atoms with Crippen molar-refractivity contribution in [1.82, 2.24) is 0 Å². The number of nitrogens with one attached hydrogen (secondary N) is 1. The van der Waals surface area contributed by atoms with Gasteiger partial charge in [-0.05, 0) is 25.5 Å². The second-order valence-corrected chi connectivity index (χ2v) is 6.03. The summed E-state index contributed by atoms with van der Waals surface area (Å²) in [5.41, 5.74) is -0.304. The molecular formula is C11H18ClNO3S. The number of benzene rings is 1. The van der Waals surface area contributed by atoms with Gasteiger partial charge in [0, 0.05) is 12.2 Å². The van der Waals surface area contributed by atoms with E-state index in [9.17, 15) is 8.42 Å². The molecule has 98 valence electrons. The highest BCUT2D eigenvalue weighted by atomic mass is 35.5. The minimum absolute atomic E-state index is 0. The summed E-state index contributed by atoms with van der Waals surface area (Å²) < 4.78 is 22.5. The predicted molar refractivity (Wildman–Crippen MR) is 72.3 cm³/mol. The quantitative estimate of drug-likeness (QED) is 0.778. The molecule has 0 fully saturated rings. The van der Waals surface area contributed by atoms with E-state index in [4.69, 9.17) is 5.11 Å². The Morgan fingerprint density at radius 2 is 1.88 bits per heavy atom. The fraction of sp³-hybridized carbons (Fsp3) is 0.455. The normalized spacial score (nSPS) is 12.6. The first kappa shape index (κ1) is 16.2. The van der Waals surface area contributed by atoms with Crippen molar-refractivity contribution in [3.63, 3.8) is 0 Å². The van der Waals surface area contributed by atoms with E-state index < -0.39 is 15.3 Å². The van der Waals surface area contributed by atoms with Crippen LogP contribution in [0.4, 0.5) is 5.69 Å². The van der Waals surface area contributed by atoms with Crippen LogP contribution in [-0.4, -0.2) is 31.3 Å². The minimum atomic E-state index is -3.34. The van der Waals surface area contributed by atoms with Crippen LogP contribution in [0.5, 0.6) is 0 Å². The molecule has 0 bridgehead atoms. The molecule has 1 unspecified atom stereocenters. The third-order valence-electron chi connectivity index (χ3n) is 2.23. The molecule has 0 aromatic heterocycles. The molecular weight excluding hydrogens is 262 g/mol. The second-order valence-electron chi connectivity index (χ2n) is 3.61. The van der Waals surface area contributed by atoms with Crippen LogP contribution < -0.4 is 5.32 Å². The van der Waals surface area contributed by atoms with Crippen LogP contribution in [0.3, 0.4) is 0 Å². The average Bonchev–Trinajstić information content (AvgIpc) is 2.26. The molecule has 0 aliphatic rings.